The van der Waals surface area contributed by atoms with Crippen molar-refractivity contribution in [3.05, 3.63) is 29.8 Å². The largest absolute Gasteiger partial charge is 0.494 e. The second-order valence-electron chi connectivity index (χ2n) is 3.92. The van der Waals surface area contributed by atoms with Gasteiger partial charge in [0, 0.05) is 5.56 Å². The summed E-state index contributed by atoms with van der Waals surface area (Å²) in [5.74, 6) is -1.18. The lowest BCUT2D eigenvalue weighted by Crippen LogP contribution is -2.43. The van der Waals surface area contributed by atoms with E-state index in [2.05, 4.69) is 5.32 Å². The fourth-order valence-corrected chi connectivity index (χ4v) is 1.35. The van der Waals surface area contributed by atoms with Gasteiger partial charge < -0.3 is 20.3 Å². The number of hydrogen-bond donors (Lipinski definition) is 3. The lowest BCUT2D eigenvalue weighted by Gasteiger charge is -2.12. The Hall–Kier alpha value is -2.08. The number of aliphatic carboxylic acids is 1. The summed E-state index contributed by atoms with van der Waals surface area (Å²) in [6.45, 7) is 1.93. The van der Waals surface area contributed by atoms with Crippen LogP contribution in [0.5, 0.6) is 5.75 Å². The highest BCUT2D eigenvalue weighted by Gasteiger charge is 2.19. The average molecular weight is 267 g/mol. The molecule has 1 rings (SSSR count). The van der Waals surface area contributed by atoms with Crippen LogP contribution in [0.1, 0.15) is 23.7 Å². The van der Waals surface area contributed by atoms with E-state index in [9.17, 15) is 9.59 Å². The van der Waals surface area contributed by atoms with Crippen LogP contribution in [0.2, 0.25) is 0 Å². The van der Waals surface area contributed by atoms with Crippen molar-refractivity contribution in [2.75, 3.05) is 13.2 Å². The third-order valence-corrected chi connectivity index (χ3v) is 2.38. The van der Waals surface area contributed by atoms with E-state index in [0.29, 0.717) is 17.9 Å². The van der Waals surface area contributed by atoms with Gasteiger partial charge in [0.2, 0.25) is 0 Å². The SMILES string of the molecule is CCCOc1ccc(C(=O)N[C@@H](CO)C(=O)O)cc1. The molecule has 0 saturated heterocycles. The molecule has 0 aliphatic rings. The van der Waals surface area contributed by atoms with Crippen LogP contribution in [-0.4, -0.2) is 41.3 Å². The Morgan fingerprint density at radius 1 is 1.32 bits per heavy atom. The molecule has 0 radical (unpaired) electrons. The molecule has 1 aromatic carbocycles. The van der Waals surface area contributed by atoms with E-state index in [1.165, 1.54) is 12.1 Å². The van der Waals surface area contributed by atoms with E-state index in [1.54, 1.807) is 12.1 Å². The molecule has 0 aliphatic heterocycles. The number of carboxylic acid groups (broad SMARTS) is 1. The number of carbonyl (C=O) groups excluding carboxylic acids is 1. The molecular weight excluding hydrogens is 250 g/mol. The minimum atomic E-state index is -1.30. The number of carboxylic acids is 1. The Morgan fingerprint density at radius 2 is 1.95 bits per heavy atom. The Balaban J connectivity index is 2.64. The van der Waals surface area contributed by atoms with Crippen molar-refractivity contribution in [2.24, 2.45) is 0 Å². The van der Waals surface area contributed by atoms with Gasteiger partial charge in [-0.05, 0) is 30.7 Å². The zero-order valence-electron chi connectivity index (χ0n) is 10.6. The van der Waals surface area contributed by atoms with E-state index < -0.39 is 24.5 Å². The summed E-state index contributed by atoms with van der Waals surface area (Å²) >= 11 is 0. The van der Waals surface area contributed by atoms with Gasteiger partial charge in [-0.15, -0.1) is 0 Å². The maximum atomic E-state index is 11.7. The van der Waals surface area contributed by atoms with Gasteiger partial charge in [0.1, 0.15) is 5.75 Å². The number of aliphatic hydroxyl groups is 1. The number of ether oxygens (including phenoxy) is 1. The average Bonchev–Trinajstić information content (AvgIpc) is 2.42. The smallest absolute Gasteiger partial charge is 0.328 e. The predicted octanol–water partition coefficient (Wildman–Crippen LogP) is 0.651. The zero-order chi connectivity index (χ0) is 14.3. The third kappa shape index (κ3) is 4.59. The zero-order valence-corrected chi connectivity index (χ0v) is 10.6. The third-order valence-electron chi connectivity index (χ3n) is 2.38. The molecule has 104 valence electrons. The molecule has 6 nitrogen and oxygen atoms in total. The monoisotopic (exact) mass is 267 g/mol. The van der Waals surface area contributed by atoms with E-state index in [0.717, 1.165) is 6.42 Å². The summed E-state index contributed by atoms with van der Waals surface area (Å²) in [4.78, 5) is 22.4. The number of carbonyl (C=O) groups is 2. The number of hydrogen-bond acceptors (Lipinski definition) is 4. The Morgan fingerprint density at radius 3 is 2.42 bits per heavy atom. The van der Waals surface area contributed by atoms with E-state index in [1.807, 2.05) is 6.92 Å². The Labute approximate surface area is 111 Å². The van der Waals surface area contributed by atoms with Crippen LogP contribution in [-0.2, 0) is 4.79 Å². The van der Waals surface area contributed by atoms with E-state index in [4.69, 9.17) is 14.9 Å². The van der Waals surface area contributed by atoms with Gasteiger partial charge in [-0.3, -0.25) is 4.79 Å². The van der Waals surface area contributed by atoms with Crippen LogP contribution < -0.4 is 10.1 Å². The van der Waals surface area contributed by atoms with Crippen molar-refractivity contribution in [3.8, 4) is 5.75 Å². The first-order valence-electron chi connectivity index (χ1n) is 5.95. The summed E-state index contributed by atoms with van der Waals surface area (Å²) in [5, 5.41) is 19.7. The number of benzene rings is 1. The van der Waals surface area contributed by atoms with Crippen LogP contribution >= 0.6 is 0 Å². The molecule has 0 spiro atoms. The van der Waals surface area contributed by atoms with Crippen LogP contribution in [0.3, 0.4) is 0 Å². The van der Waals surface area contributed by atoms with E-state index in [-0.39, 0.29) is 0 Å². The number of amides is 1. The lowest BCUT2D eigenvalue weighted by molar-refractivity contribution is -0.140. The van der Waals surface area contributed by atoms with Gasteiger partial charge in [-0.1, -0.05) is 6.92 Å². The molecule has 1 aromatic rings. The number of rotatable bonds is 7. The number of aliphatic hydroxyl groups excluding tert-OH is 1. The highest BCUT2D eigenvalue weighted by Crippen LogP contribution is 2.12. The van der Waals surface area contributed by atoms with Gasteiger partial charge in [0.25, 0.3) is 5.91 Å². The molecule has 1 atom stereocenters. The minimum absolute atomic E-state index is 0.309. The first kappa shape index (κ1) is 15.0. The van der Waals surface area contributed by atoms with Gasteiger partial charge in [-0.25, -0.2) is 4.79 Å². The maximum absolute atomic E-state index is 11.7. The van der Waals surface area contributed by atoms with Gasteiger partial charge >= 0.3 is 5.97 Å². The molecule has 0 heterocycles. The molecule has 19 heavy (non-hydrogen) atoms. The lowest BCUT2D eigenvalue weighted by atomic mass is 10.2. The van der Waals surface area contributed by atoms with Crippen LogP contribution in [0.4, 0.5) is 0 Å². The molecule has 0 aromatic heterocycles. The quantitative estimate of drug-likeness (QED) is 0.674. The molecule has 3 N–H and O–H groups in total. The van der Waals surface area contributed by atoms with Crippen LogP contribution in [0.25, 0.3) is 0 Å². The van der Waals surface area contributed by atoms with Crippen LogP contribution in [0, 0.1) is 0 Å². The second kappa shape index (κ2) is 7.38. The molecule has 0 bridgehead atoms. The highest BCUT2D eigenvalue weighted by molar-refractivity contribution is 5.96. The highest BCUT2D eigenvalue weighted by atomic mass is 16.5. The summed E-state index contributed by atoms with van der Waals surface area (Å²) < 4.78 is 5.36. The number of nitrogens with one attached hydrogen (secondary N) is 1. The van der Waals surface area contributed by atoms with Crippen molar-refractivity contribution in [1.82, 2.24) is 5.32 Å². The van der Waals surface area contributed by atoms with Crippen LogP contribution in [0.15, 0.2) is 24.3 Å². The second-order valence-corrected chi connectivity index (χ2v) is 3.92. The molecular formula is C13H17NO5. The molecule has 0 saturated carbocycles. The van der Waals surface area contributed by atoms with Crippen molar-refractivity contribution in [2.45, 2.75) is 19.4 Å². The Bertz CT molecular complexity index is 429. The first-order valence-corrected chi connectivity index (χ1v) is 5.95. The summed E-state index contributed by atoms with van der Waals surface area (Å²) in [6, 6.07) is 5.05. The van der Waals surface area contributed by atoms with Crippen molar-refractivity contribution in [1.29, 1.82) is 0 Å². The molecule has 0 aliphatic carbocycles. The van der Waals surface area contributed by atoms with Gasteiger partial charge in [0.05, 0.1) is 13.2 Å². The summed E-state index contributed by atoms with van der Waals surface area (Å²) in [5.41, 5.74) is 0.309. The summed E-state index contributed by atoms with van der Waals surface area (Å²) in [7, 11) is 0. The van der Waals surface area contributed by atoms with Crippen molar-refractivity contribution in [3.63, 3.8) is 0 Å². The van der Waals surface area contributed by atoms with Gasteiger partial charge in [0.15, 0.2) is 6.04 Å². The fraction of sp³-hybridized carbons (Fsp3) is 0.385. The minimum Gasteiger partial charge on any atom is -0.494 e. The Kier molecular flexibility index (Phi) is 5.81. The van der Waals surface area contributed by atoms with E-state index >= 15 is 0 Å². The topological polar surface area (TPSA) is 95.9 Å². The van der Waals surface area contributed by atoms with Crippen molar-refractivity contribution < 1.29 is 24.5 Å². The standard InChI is InChI=1S/C13H17NO5/c1-2-7-19-10-5-3-9(4-6-10)12(16)14-11(8-15)13(17)18/h3-6,11,15H,2,7-8H2,1H3,(H,14,16)(H,17,18)/t11-/m0/s1. The summed E-state index contributed by atoms with van der Waals surface area (Å²) in [6.07, 6.45) is 0.888. The molecule has 1 amide bonds. The predicted molar refractivity (Wildman–Crippen MR) is 68.2 cm³/mol. The fourth-order valence-electron chi connectivity index (χ4n) is 1.35. The first-order chi connectivity index (χ1) is 9.08. The normalized spacial score (nSPS) is 11.7. The van der Waals surface area contributed by atoms with Crippen molar-refractivity contribution >= 4 is 11.9 Å². The molecule has 6 heteroatoms. The molecule has 0 fully saturated rings. The molecule has 0 unspecified atom stereocenters. The maximum Gasteiger partial charge on any atom is 0.328 e. The van der Waals surface area contributed by atoms with Gasteiger partial charge in [-0.2, -0.15) is 0 Å².